The van der Waals surface area contributed by atoms with Gasteiger partial charge in [-0.05, 0) is 11.5 Å². The smallest absolute Gasteiger partial charge is 0.140 e. The fourth-order valence-electron chi connectivity index (χ4n) is 2.62. The number of rotatable bonds is 8. The molecule has 3 heteroatoms. The van der Waals surface area contributed by atoms with Gasteiger partial charge < -0.3 is 9.84 Å². The third-order valence-corrected chi connectivity index (χ3v) is 4.30. The zero-order valence-electron chi connectivity index (χ0n) is 15.4. The van der Waals surface area contributed by atoms with Gasteiger partial charge in [-0.1, -0.05) is 71.9 Å². The highest BCUT2D eigenvalue weighted by molar-refractivity contribution is 5.84. The first kappa shape index (κ1) is 19.9. The Balaban J connectivity index is 2.66. The third kappa shape index (κ3) is 6.44. The number of hydrogen-bond donors (Lipinski definition) is 1. The highest BCUT2D eigenvalue weighted by Gasteiger charge is 2.31. The van der Waals surface area contributed by atoms with E-state index < -0.39 is 11.5 Å². The summed E-state index contributed by atoms with van der Waals surface area (Å²) in [5.74, 6) is 0.264. The second-order valence-corrected chi connectivity index (χ2v) is 7.81. The number of aliphatic hydroxyl groups excluding tert-OH is 1. The van der Waals surface area contributed by atoms with E-state index >= 15 is 0 Å². The van der Waals surface area contributed by atoms with Gasteiger partial charge in [0.15, 0.2) is 0 Å². The van der Waals surface area contributed by atoms with E-state index in [0.717, 1.165) is 5.56 Å². The first-order valence-electron chi connectivity index (χ1n) is 8.49. The van der Waals surface area contributed by atoms with Crippen molar-refractivity contribution in [1.82, 2.24) is 0 Å². The molecule has 0 amide bonds. The Morgan fingerprint density at radius 2 is 1.70 bits per heavy atom. The third-order valence-electron chi connectivity index (χ3n) is 4.30. The van der Waals surface area contributed by atoms with E-state index in [0.29, 0.717) is 6.61 Å². The Morgan fingerprint density at radius 1 is 1.13 bits per heavy atom. The Labute approximate surface area is 141 Å². The maximum Gasteiger partial charge on any atom is 0.140 e. The lowest BCUT2D eigenvalue weighted by Gasteiger charge is -2.32. The van der Waals surface area contributed by atoms with Crippen LogP contribution in [-0.2, 0) is 16.1 Å². The van der Waals surface area contributed by atoms with Crippen molar-refractivity contribution in [1.29, 1.82) is 0 Å². The molecular formula is C20H32O3. The molecule has 0 spiro atoms. The average Bonchev–Trinajstić information content (AvgIpc) is 2.46. The van der Waals surface area contributed by atoms with Crippen molar-refractivity contribution in [2.24, 2.45) is 17.3 Å². The molecule has 0 saturated carbocycles. The molecule has 0 aromatic heterocycles. The van der Waals surface area contributed by atoms with Gasteiger partial charge in [0.25, 0.3) is 0 Å². The maximum atomic E-state index is 12.2. The molecule has 1 rings (SSSR count). The van der Waals surface area contributed by atoms with Crippen LogP contribution in [0.5, 0.6) is 0 Å². The molecule has 1 aromatic rings. The number of carbonyl (C=O) groups excluding carboxylic acids is 1. The van der Waals surface area contributed by atoms with Gasteiger partial charge in [0.05, 0.1) is 18.8 Å². The number of ether oxygens (including phenoxy) is 1. The van der Waals surface area contributed by atoms with Gasteiger partial charge in [-0.15, -0.1) is 0 Å². The summed E-state index contributed by atoms with van der Waals surface area (Å²) in [5.41, 5.74) is 0.699. The van der Waals surface area contributed by atoms with E-state index in [1.165, 1.54) is 0 Å². The fraction of sp³-hybridized carbons (Fsp3) is 0.650. The zero-order chi connectivity index (χ0) is 17.6. The predicted octanol–water partition coefficient (Wildman–Crippen LogP) is 4.23. The normalized spacial score (nSPS) is 16.2. The summed E-state index contributed by atoms with van der Waals surface area (Å²) in [6.45, 7) is 12.3. The molecule has 0 radical (unpaired) electrons. The van der Waals surface area contributed by atoms with E-state index in [1.807, 2.05) is 58.0 Å². The van der Waals surface area contributed by atoms with Gasteiger partial charge in [0, 0.05) is 17.8 Å². The summed E-state index contributed by atoms with van der Waals surface area (Å²) in [6.07, 6.45) is -0.578. The molecule has 130 valence electrons. The van der Waals surface area contributed by atoms with Crippen LogP contribution in [0.15, 0.2) is 30.3 Å². The minimum absolute atomic E-state index is 0.0852. The van der Waals surface area contributed by atoms with E-state index in [9.17, 15) is 9.90 Å². The second-order valence-electron chi connectivity index (χ2n) is 7.81. The molecule has 0 aliphatic heterocycles. The van der Waals surface area contributed by atoms with Gasteiger partial charge in [-0.25, -0.2) is 0 Å². The van der Waals surface area contributed by atoms with Crippen molar-refractivity contribution in [3.05, 3.63) is 35.9 Å². The lowest BCUT2D eigenvalue weighted by Crippen LogP contribution is -2.38. The van der Waals surface area contributed by atoms with E-state index in [1.54, 1.807) is 0 Å². The van der Waals surface area contributed by atoms with Crippen LogP contribution in [0, 0.1) is 17.3 Å². The number of carbonyl (C=O) groups is 1. The quantitative estimate of drug-likeness (QED) is 0.779. The molecule has 0 aliphatic rings. The lowest BCUT2D eigenvalue weighted by atomic mass is 9.82. The monoisotopic (exact) mass is 320 g/mol. The van der Waals surface area contributed by atoms with Crippen molar-refractivity contribution in [3.8, 4) is 0 Å². The van der Waals surface area contributed by atoms with E-state index in [2.05, 4.69) is 13.8 Å². The summed E-state index contributed by atoms with van der Waals surface area (Å²) >= 11 is 0. The molecular weight excluding hydrogens is 288 g/mol. The Hall–Kier alpha value is -1.19. The molecule has 0 unspecified atom stereocenters. The molecule has 23 heavy (non-hydrogen) atoms. The SMILES string of the molecule is CC(C)[C@@H](OCc1ccccc1)[C@@H](C)[C@@H](O)CC(=O)C(C)(C)C. The Morgan fingerprint density at radius 3 is 2.17 bits per heavy atom. The Kier molecular flexibility index (Phi) is 7.43. The van der Waals surface area contributed by atoms with E-state index in [4.69, 9.17) is 4.74 Å². The summed E-state index contributed by atoms with van der Waals surface area (Å²) in [6, 6.07) is 10.0. The highest BCUT2D eigenvalue weighted by Crippen LogP contribution is 2.26. The lowest BCUT2D eigenvalue weighted by molar-refractivity contribution is -0.130. The second kappa shape index (κ2) is 8.60. The minimum Gasteiger partial charge on any atom is -0.392 e. The molecule has 3 atom stereocenters. The van der Waals surface area contributed by atoms with Crippen molar-refractivity contribution >= 4 is 5.78 Å². The summed E-state index contributed by atoms with van der Waals surface area (Å²) < 4.78 is 6.07. The first-order valence-corrected chi connectivity index (χ1v) is 8.49. The summed E-state index contributed by atoms with van der Waals surface area (Å²) in [7, 11) is 0. The molecule has 0 bridgehead atoms. The van der Waals surface area contributed by atoms with Gasteiger partial charge in [0.1, 0.15) is 5.78 Å². The molecule has 0 saturated heterocycles. The minimum atomic E-state index is -0.676. The molecule has 3 nitrogen and oxygen atoms in total. The Bertz CT molecular complexity index is 473. The van der Waals surface area contributed by atoms with Gasteiger partial charge >= 0.3 is 0 Å². The van der Waals surface area contributed by atoms with Crippen molar-refractivity contribution in [2.75, 3.05) is 0 Å². The largest absolute Gasteiger partial charge is 0.392 e. The van der Waals surface area contributed by atoms with Crippen LogP contribution < -0.4 is 0 Å². The van der Waals surface area contributed by atoms with Gasteiger partial charge in [0.2, 0.25) is 0 Å². The van der Waals surface area contributed by atoms with Crippen LogP contribution in [-0.4, -0.2) is 23.1 Å². The maximum absolute atomic E-state index is 12.2. The van der Waals surface area contributed by atoms with Crippen molar-refractivity contribution < 1.29 is 14.6 Å². The van der Waals surface area contributed by atoms with Crippen LogP contribution >= 0.6 is 0 Å². The van der Waals surface area contributed by atoms with Gasteiger partial charge in [-0.2, -0.15) is 0 Å². The zero-order valence-corrected chi connectivity index (χ0v) is 15.4. The number of hydrogen-bond acceptors (Lipinski definition) is 3. The van der Waals surface area contributed by atoms with Crippen LogP contribution in [0.1, 0.15) is 53.5 Å². The van der Waals surface area contributed by atoms with Gasteiger partial charge in [-0.3, -0.25) is 4.79 Å². The molecule has 1 N–H and O–H groups in total. The van der Waals surface area contributed by atoms with Crippen molar-refractivity contribution in [3.63, 3.8) is 0 Å². The number of Topliss-reactive ketones (excluding diaryl/α,β-unsaturated/α-hetero) is 1. The van der Waals surface area contributed by atoms with Crippen LogP contribution in [0.2, 0.25) is 0 Å². The number of benzene rings is 1. The standard InChI is InChI=1S/C20H32O3/c1-14(2)19(23-13-16-10-8-7-9-11-16)15(3)17(21)12-18(22)20(4,5)6/h7-11,14-15,17,19,21H,12-13H2,1-6H3/t15-,17-,19+/m0/s1. The molecule has 0 fully saturated rings. The predicted molar refractivity (Wildman–Crippen MR) is 94.1 cm³/mol. The fourth-order valence-corrected chi connectivity index (χ4v) is 2.62. The summed E-state index contributed by atoms with van der Waals surface area (Å²) in [5, 5.41) is 10.5. The first-order chi connectivity index (χ1) is 10.6. The average molecular weight is 320 g/mol. The van der Waals surface area contributed by atoms with E-state index in [-0.39, 0.29) is 30.1 Å². The molecule has 1 aromatic carbocycles. The number of aliphatic hydroxyl groups is 1. The number of ketones is 1. The molecule has 0 aliphatic carbocycles. The topological polar surface area (TPSA) is 46.5 Å². The highest BCUT2D eigenvalue weighted by atomic mass is 16.5. The summed E-state index contributed by atoms with van der Waals surface area (Å²) in [4.78, 5) is 12.2. The van der Waals surface area contributed by atoms with Crippen LogP contribution in [0.4, 0.5) is 0 Å². The van der Waals surface area contributed by atoms with Crippen LogP contribution in [0.3, 0.4) is 0 Å². The van der Waals surface area contributed by atoms with Crippen LogP contribution in [0.25, 0.3) is 0 Å². The van der Waals surface area contributed by atoms with Crippen molar-refractivity contribution in [2.45, 2.75) is 66.8 Å². The molecule has 0 heterocycles.